The van der Waals surface area contributed by atoms with Gasteiger partial charge in [-0.2, -0.15) is 5.26 Å². The summed E-state index contributed by atoms with van der Waals surface area (Å²) in [4.78, 5) is 83.1. The second-order valence-corrected chi connectivity index (χ2v) is 11.1. The normalized spacial score (nSPS) is 29.7. The third-order valence-corrected chi connectivity index (χ3v) is 9.24. The van der Waals surface area contributed by atoms with Crippen LogP contribution in [0.1, 0.15) is 40.0 Å². The van der Waals surface area contributed by atoms with E-state index in [4.69, 9.17) is 9.47 Å². The van der Waals surface area contributed by atoms with Gasteiger partial charge in [0.15, 0.2) is 23.1 Å². The molecule has 1 amide bonds. The second kappa shape index (κ2) is 10.6. The Morgan fingerprint density at radius 3 is 1.95 bits per heavy atom. The molecule has 0 radical (unpaired) electrons. The van der Waals surface area contributed by atoms with Crippen molar-refractivity contribution >= 4 is 34.8 Å². The minimum Gasteiger partial charge on any atom is -0.492 e. The summed E-state index contributed by atoms with van der Waals surface area (Å²) in [6.45, 7) is 4.34. The van der Waals surface area contributed by atoms with Crippen molar-refractivity contribution in [3.63, 3.8) is 0 Å². The molecule has 0 aromatic heterocycles. The summed E-state index contributed by atoms with van der Waals surface area (Å²) in [6, 6.07) is -1.51. The Bertz CT molecular complexity index is 1540. The van der Waals surface area contributed by atoms with Crippen molar-refractivity contribution in [2.45, 2.75) is 70.2 Å². The van der Waals surface area contributed by atoms with Gasteiger partial charge in [-0.25, -0.2) is 0 Å². The van der Waals surface area contributed by atoms with Crippen LogP contribution in [0.25, 0.3) is 0 Å². The first kappa shape index (κ1) is 29.3. The highest BCUT2D eigenvalue weighted by Gasteiger charge is 2.59. The molecule has 0 aromatic rings. The Morgan fingerprint density at radius 1 is 0.905 bits per heavy atom. The number of methoxy groups -OCH3 is 2. The lowest BCUT2D eigenvalue weighted by Gasteiger charge is -2.60. The number of allylic oxidation sites excluding steroid dienone is 4. The SMILES string of the molecule is CCC(=O)C(=O)NCC1C2=C(CC3C4C5=C(CC(C(C#N)N13)N4C)C(=O)C(C)=C(OC)C5=O)C(=O)C(C)=C(OC)C2=O. The quantitative estimate of drug-likeness (QED) is 0.340. The van der Waals surface area contributed by atoms with E-state index in [2.05, 4.69) is 11.4 Å². The van der Waals surface area contributed by atoms with Gasteiger partial charge < -0.3 is 14.8 Å². The Balaban J connectivity index is 1.70. The first-order valence-electron chi connectivity index (χ1n) is 13.8. The first-order valence-corrected chi connectivity index (χ1v) is 13.8. The summed E-state index contributed by atoms with van der Waals surface area (Å²) < 4.78 is 10.7. The molecule has 2 bridgehead atoms. The van der Waals surface area contributed by atoms with Crippen LogP contribution in [0.2, 0.25) is 0 Å². The number of hydrogen-bond acceptors (Lipinski definition) is 11. The summed E-state index contributed by atoms with van der Waals surface area (Å²) in [5.74, 6) is -3.37. The standard InChI is InChI=1S/C30H32N4O8/c1-7-20(35)30(40)32-11-19-21-14(24(36)12(2)28(41-5)26(21)38)9-17-23-22-15(25(37)13(3)29(42-6)27(22)39)8-16(33(23)4)18(10-31)34(17)19/h16-19,23H,7-9,11H2,1-6H3,(H,32,40). The Hall–Kier alpha value is -4.21. The summed E-state index contributed by atoms with van der Waals surface area (Å²) in [6.07, 6.45) is 0.0918. The van der Waals surface area contributed by atoms with Gasteiger partial charge in [0.25, 0.3) is 5.91 Å². The van der Waals surface area contributed by atoms with Crippen molar-refractivity contribution in [2.75, 3.05) is 27.8 Å². The fraction of sp³-hybridized carbons (Fsp3) is 0.500. The summed E-state index contributed by atoms with van der Waals surface area (Å²) in [5.41, 5.74) is 1.20. The molecule has 3 heterocycles. The molecular weight excluding hydrogens is 544 g/mol. The van der Waals surface area contributed by atoms with Crippen molar-refractivity contribution in [1.82, 2.24) is 15.1 Å². The van der Waals surface area contributed by atoms with Gasteiger partial charge in [0.1, 0.15) is 6.04 Å². The van der Waals surface area contributed by atoms with Crippen molar-refractivity contribution in [3.05, 3.63) is 45.0 Å². The van der Waals surface area contributed by atoms with Crippen molar-refractivity contribution in [3.8, 4) is 6.07 Å². The van der Waals surface area contributed by atoms with E-state index in [0.717, 1.165) is 0 Å². The van der Waals surface area contributed by atoms with Crippen LogP contribution in [-0.2, 0) is 38.2 Å². The van der Waals surface area contributed by atoms with Gasteiger partial charge in [-0.15, -0.1) is 0 Å². The molecule has 3 aliphatic heterocycles. The highest BCUT2D eigenvalue weighted by Crippen LogP contribution is 2.48. The Kier molecular flexibility index (Phi) is 7.37. The number of carbonyl (C=O) groups excluding carboxylic acids is 6. The van der Waals surface area contributed by atoms with E-state index in [1.807, 2.05) is 4.90 Å². The third-order valence-electron chi connectivity index (χ3n) is 9.24. The number of nitrogens with one attached hydrogen (secondary N) is 1. The minimum atomic E-state index is -0.985. The maximum atomic E-state index is 13.8. The molecule has 1 fully saturated rings. The molecule has 0 saturated carbocycles. The van der Waals surface area contributed by atoms with E-state index in [9.17, 15) is 34.0 Å². The molecule has 5 aliphatic rings. The zero-order valence-electron chi connectivity index (χ0n) is 24.3. The van der Waals surface area contributed by atoms with Crippen LogP contribution in [0.4, 0.5) is 0 Å². The molecule has 1 N–H and O–H groups in total. The number of Topliss-reactive ketones (excluding diaryl/α,β-unsaturated/α-hetero) is 5. The zero-order chi connectivity index (χ0) is 30.8. The van der Waals surface area contributed by atoms with E-state index < -0.39 is 59.2 Å². The lowest BCUT2D eigenvalue weighted by Crippen LogP contribution is -2.74. The van der Waals surface area contributed by atoms with Crippen molar-refractivity contribution < 1.29 is 38.2 Å². The van der Waals surface area contributed by atoms with Crippen LogP contribution < -0.4 is 5.32 Å². The first-order chi connectivity index (χ1) is 19.9. The van der Waals surface area contributed by atoms with Crippen LogP contribution in [0.15, 0.2) is 45.0 Å². The van der Waals surface area contributed by atoms with E-state index in [0.29, 0.717) is 5.57 Å². The number of piperazine rings is 1. The number of carbonyl (C=O) groups is 6. The van der Waals surface area contributed by atoms with Gasteiger partial charge in [-0.1, -0.05) is 6.92 Å². The molecule has 1 saturated heterocycles. The summed E-state index contributed by atoms with van der Waals surface area (Å²) >= 11 is 0. The molecule has 5 unspecified atom stereocenters. The topological polar surface area (TPSA) is 163 Å². The van der Waals surface area contributed by atoms with Crippen LogP contribution in [0.3, 0.4) is 0 Å². The van der Waals surface area contributed by atoms with Crippen LogP contribution in [0.5, 0.6) is 0 Å². The number of rotatable bonds is 6. The van der Waals surface area contributed by atoms with Gasteiger partial charge >= 0.3 is 0 Å². The maximum Gasteiger partial charge on any atom is 0.287 e. The lowest BCUT2D eigenvalue weighted by atomic mass is 9.67. The van der Waals surface area contributed by atoms with Gasteiger partial charge in [-0.3, -0.25) is 38.6 Å². The third kappa shape index (κ3) is 3.94. The Morgan fingerprint density at radius 2 is 1.43 bits per heavy atom. The molecule has 0 spiro atoms. The predicted molar refractivity (Wildman–Crippen MR) is 145 cm³/mol. The Labute approximate surface area is 242 Å². The van der Waals surface area contributed by atoms with Crippen LogP contribution in [0, 0.1) is 11.3 Å². The van der Waals surface area contributed by atoms with E-state index in [1.54, 1.807) is 18.9 Å². The zero-order valence-corrected chi connectivity index (χ0v) is 24.3. The molecule has 12 nitrogen and oxygen atoms in total. The monoisotopic (exact) mass is 576 g/mol. The molecule has 42 heavy (non-hydrogen) atoms. The van der Waals surface area contributed by atoms with Gasteiger partial charge in [0, 0.05) is 58.5 Å². The lowest BCUT2D eigenvalue weighted by molar-refractivity contribution is -0.138. The number of nitriles is 1. The van der Waals surface area contributed by atoms with E-state index in [-0.39, 0.29) is 71.0 Å². The highest BCUT2D eigenvalue weighted by molar-refractivity contribution is 6.36. The smallest absolute Gasteiger partial charge is 0.287 e. The molecule has 0 aromatic carbocycles. The molecule has 5 rings (SSSR count). The molecule has 2 aliphatic carbocycles. The summed E-state index contributed by atoms with van der Waals surface area (Å²) in [5, 5.41) is 13.1. The number of nitrogens with zero attached hydrogens (tertiary/aromatic N) is 3. The second-order valence-electron chi connectivity index (χ2n) is 11.1. The van der Waals surface area contributed by atoms with Gasteiger partial charge in [-0.05, 0) is 33.7 Å². The predicted octanol–water partition coefficient (Wildman–Crippen LogP) is 0.241. The average molecular weight is 577 g/mol. The van der Waals surface area contributed by atoms with Crippen LogP contribution in [-0.4, -0.2) is 103 Å². The molecule has 12 heteroatoms. The van der Waals surface area contributed by atoms with Gasteiger partial charge in [0.05, 0.1) is 32.4 Å². The maximum absolute atomic E-state index is 13.8. The summed E-state index contributed by atoms with van der Waals surface area (Å²) in [7, 11) is 4.39. The molecule has 220 valence electrons. The minimum absolute atomic E-state index is 0.00967. The van der Waals surface area contributed by atoms with E-state index in [1.165, 1.54) is 28.1 Å². The number of fused-ring (bicyclic) bond motifs is 5. The fourth-order valence-corrected chi connectivity index (χ4v) is 7.26. The number of ketones is 5. The fourth-order valence-electron chi connectivity index (χ4n) is 7.26. The highest BCUT2D eigenvalue weighted by atomic mass is 16.5. The number of amides is 1. The van der Waals surface area contributed by atoms with Gasteiger partial charge in [0.2, 0.25) is 17.3 Å². The van der Waals surface area contributed by atoms with E-state index >= 15 is 0 Å². The largest absolute Gasteiger partial charge is 0.492 e. The number of hydrogen-bond donors (Lipinski definition) is 1. The van der Waals surface area contributed by atoms with Crippen molar-refractivity contribution in [1.29, 1.82) is 5.26 Å². The number of likely N-dealkylation sites (N-methyl/N-ethyl adjacent to an activating group) is 1. The average Bonchev–Trinajstić information content (AvgIpc) is 2.97. The molecule has 5 atom stereocenters. The number of ether oxygens (including phenoxy) is 2. The molecular formula is C30H32N4O8. The van der Waals surface area contributed by atoms with Crippen molar-refractivity contribution in [2.24, 2.45) is 0 Å². The van der Waals surface area contributed by atoms with Crippen LogP contribution >= 0.6 is 0 Å².